The Labute approximate surface area is 93.2 Å². The van der Waals surface area contributed by atoms with E-state index in [1.165, 1.54) is 12.8 Å². The molecule has 0 saturated heterocycles. The fourth-order valence-corrected chi connectivity index (χ4v) is 1.18. The van der Waals surface area contributed by atoms with E-state index < -0.39 is 0 Å². The number of amides is 1. The highest BCUT2D eigenvalue weighted by molar-refractivity contribution is 5.76. The van der Waals surface area contributed by atoms with Gasteiger partial charge in [-0.1, -0.05) is 20.3 Å². The fourth-order valence-electron chi connectivity index (χ4n) is 1.18. The molecule has 0 aliphatic carbocycles. The number of hydrogen-bond donors (Lipinski definition) is 3. The van der Waals surface area contributed by atoms with Gasteiger partial charge >= 0.3 is 0 Å². The van der Waals surface area contributed by atoms with Crippen molar-refractivity contribution in [1.29, 1.82) is 0 Å². The van der Waals surface area contributed by atoms with Crippen molar-refractivity contribution in [3.63, 3.8) is 0 Å². The minimum absolute atomic E-state index is 0.133. The summed E-state index contributed by atoms with van der Waals surface area (Å²) in [6, 6.07) is 0. The molecule has 0 radical (unpaired) electrons. The second-order valence-corrected chi connectivity index (χ2v) is 3.56. The molecule has 0 aromatic carbocycles. The van der Waals surface area contributed by atoms with Gasteiger partial charge in [0.2, 0.25) is 5.91 Å². The van der Waals surface area contributed by atoms with Gasteiger partial charge in [-0.05, 0) is 19.5 Å². The van der Waals surface area contributed by atoms with E-state index >= 15 is 0 Å². The summed E-state index contributed by atoms with van der Waals surface area (Å²) >= 11 is 0. The lowest BCUT2D eigenvalue weighted by atomic mass is 10.3. The summed E-state index contributed by atoms with van der Waals surface area (Å²) in [5.74, 6) is 0.133. The molecule has 0 atom stereocenters. The molecule has 90 valence electrons. The van der Waals surface area contributed by atoms with E-state index in [9.17, 15) is 4.79 Å². The van der Waals surface area contributed by atoms with Crippen LogP contribution in [0.2, 0.25) is 0 Å². The molecule has 0 fully saturated rings. The first-order valence-corrected chi connectivity index (χ1v) is 5.99. The van der Waals surface area contributed by atoms with Gasteiger partial charge in [-0.3, -0.25) is 4.79 Å². The minimum atomic E-state index is 0.133. The van der Waals surface area contributed by atoms with Gasteiger partial charge in [0, 0.05) is 26.1 Å². The Bertz CT molecular complexity index is 151. The lowest BCUT2D eigenvalue weighted by Crippen LogP contribution is -2.33. The van der Waals surface area contributed by atoms with E-state index in [1.807, 2.05) is 6.92 Å². The van der Waals surface area contributed by atoms with Crippen LogP contribution in [0.4, 0.5) is 0 Å². The molecule has 0 bridgehead atoms. The van der Waals surface area contributed by atoms with Crippen molar-refractivity contribution in [2.45, 2.75) is 33.1 Å². The normalized spacial score (nSPS) is 10.3. The molecule has 0 saturated carbocycles. The molecule has 0 rings (SSSR count). The van der Waals surface area contributed by atoms with Crippen LogP contribution in [-0.2, 0) is 4.79 Å². The molecule has 3 N–H and O–H groups in total. The van der Waals surface area contributed by atoms with Gasteiger partial charge in [0.1, 0.15) is 0 Å². The number of carbonyl (C=O) groups excluding carboxylic acids is 1. The van der Waals surface area contributed by atoms with Crippen molar-refractivity contribution < 1.29 is 4.79 Å². The minimum Gasteiger partial charge on any atom is -0.355 e. The van der Waals surface area contributed by atoms with Crippen LogP contribution in [0, 0.1) is 0 Å². The largest absolute Gasteiger partial charge is 0.355 e. The molecular weight excluding hydrogens is 190 g/mol. The Morgan fingerprint density at radius 2 is 1.80 bits per heavy atom. The van der Waals surface area contributed by atoms with Crippen LogP contribution in [0.25, 0.3) is 0 Å². The molecule has 1 amide bonds. The van der Waals surface area contributed by atoms with E-state index in [-0.39, 0.29) is 5.91 Å². The predicted octanol–water partition coefficient (Wildman–Crippen LogP) is 0.492. The van der Waals surface area contributed by atoms with Crippen LogP contribution < -0.4 is 16.0 Å². The molecule has 15 heavy (non-hydrogen) atoms. The van der Waals surface area contributed by atoms with Crippen molar-refractivity contribution in [1.82, 2.24) is 16.0 Å². The second-order valence-electron chi connectivity index (χ2n) is 3.56. The first-order chi connectivity index (χ1) is 7.31. The van der Waals surface area contributed by atoms with Gasteiger partial charge in [0.05, 0.1) is 0 Å². The zero-order valence-electron chi connectivity index (χ0n) is 10.1. The van der Waals surface area contributed by atoms with Crippen molar-refractivity contribution >= 4 is 5.91 Å². The van der Waals surface area contributed by atoms with E-state index in [2.05, 4.69) is 22.9 Å². The van der Waals surface area contributed by atoms with E-state index in [0.717, 1.165) is 32.7 Å². The third-order valence-electron chi connectivity index (χ3n) is 2.11. The zero-order chi connectivity index (χ0) is 11.4. The van der Waals surface area contributed by atoms with Crippen molar-refractivity contribution in [3.8, 4) is 0 Å². The number of rotatable bonds is 10. The fraction of sp³-hybridized carbons (Fsp3) is 0.909. The monoisotopic (exact) mass is 215 g/mol. The summed E-state index contributed by atoms with van der Waals surface area (Å²) in [6.07, 6.45) is 2.99. The number of hydrogen-bond acceptors (Lipinski definition) is 3. The highest BCUT2D eigenvalue weighted by atomic mass is 16.1. The second kappa shape index (κ2) is 11.5. The van der Waals surface area contributed by atoms with Gasteiger partial charge in [-0.2, -0.15) is 0 Å². The topological polar surface area (TPSA) is 53.2 Å². The third-order valence-corrected chi connectivity index (χ3v) is 2.11. The maximum Gasteiger partial charge on any atom is 0.221 e. The maximum absolute atomic E-state index is 11.2. The molecule has 0 aliphatic heterocycles. The van der Waals surface area contributed by atoms with Crippen LogP contribution in [0.15, 0.2) is 0 Å². The Morgan fingerprint density at radius 1 is 1.00 bits per heavy atom. The standard InChI is InChI=1S/C11H25N3O/c1-3-5-7-13-9-10-14-11(15)6-8-12-4-2/h12-13H,3-10H2,1-2H3,(H,14,15). The van der Waals surface area contributed by atoms with Gasteiger partial charge in [0.15, 0.2) is 0 Å². The first-order valence-electron chi connectivity index (χ1n) is 5.99. The third kappa shape index (κ3) is 11.3. The first kappa shape index (κ1) is 14.4. The number of carbonyl (C=O) groups is 1. The van der Waals surface area contributed by atoms with Crippen LogP contribution in [-0.4, -0.2) is 38.6 Å². The highest BCUT2D eigenvalue weighted by Gasteiger charge is 1.98. The van der Waals surface area contributed by atoms with Crippen molar-refractivity contribution in [3.05, 3.63) is 0 Å². The quantitative estimate of drug-likeness (QED) is 0.465. The molecule has 0 aromatic heterocycles. The lowest BCUT2D eigenvalue weighted by Gasteiger charge is -2.06. The summed E-state index contributed by atoms with van der Waals surface area (Å²) in [5.41, 5.74) is 0. The van der Waals surface area contributed by atoms with Gasteiger partial charge in [0.25, 0.3) is 0 Å². The number of unbranched alkanes of at least 4 members (excludes halogenated alkanes) is 1. The summed E-state index contributed by atoms with van der Waals surface area (Å²) < 4.78 is 0. The highest BCUT2D eigenvalue weighted by Crippen LogP contribution is 1.81. The van der Waals surface area contributed by atoms with Crippen LogP contribution in [0.5, 0.6) is 0 Å². The van der Waals surface area contributed by atoms with Crippen molar-refractivity contribution in [2.75, 3.05) is 32.7 Å². The Morgan fingerprint density at radius 3 is 2.47 bits per heavy atom. The molecular formula is C11H25N3O. The smallest absolute Gasteiger partial charge is 0.221 e. The lowest BCUT2D eigenvalue weighted by molar-refractivity contribution is -0.120. The van der Waals surface area contributed by atoms with E-state index in [1.54, 1.807) is 0 Å². The van der Waals surface area contributed by atoms with E-state index in [0.29, 0.717) is 6.42 Å². The molecule has 0 aliphatic rings. The summed E-state index contributed by atoms with van der Waals surface area (Å²) in [7, 11) is 0. The number of nitrogens with one attached hydrogen (secondary N) is 3. The van der Waals surface area contributed by atoms with Crippen LogP contribution >= 0.6 is 0 Å². The summed E-state index contributed by atoms with van der Waals surface area (Å²) in [4.78, 5) is 11.2. The molecule has 0 unspecified atom stereocenters. The average Bonchev–Trinajstić information content (AvgIpc) is 2.23. The molecule has 0 spiro atoms. The maximum atomic E-state index is 11.2. The zero-order valence-corrected chi connectivity index (χ0v) is 10.1. The van der Waals surface area contributed by atoms with Gasteiger partial charge in [-0.25, -0.2) is 0 Å². The molecule has 4 nitrogen and oxygen atoms in total. The van der Waals surface area contributed by atoms with Crippen LogP contribution in [0.1, 0.15) is 33.1 Å². The molecule has 4 heteroatoms. The Balaban J connectivity index is 3.10. The predicted molar refractivity (Wildman–Crippen MR) is 63.9 cm³/mol. The molecule has 0 heterocycles. The summed E-state index contributed by atoms with van der Waals surface area (Å²) in [6.45, 7) is 8.54. The van der Waals surface area contributed by atoms with E-state index in [4.69, 9.17) is 0 Å². The Kier molecular flexibility index (Phi) is 11.0. The van der Waals surface area contributed by atoms with Gasteiger partial charge < -0.3 is 16.0 Å². The average molecular weight is 215 g/mol. The summed E-state index contributed by atoms with van der Waals surface area (Å²) in [5, 5.41) is 9.28. The van der Waals surface area contributed by atoms with Crippen LogP contribution in [0.3, 0.4) is 0 Å². The SMILES string of the molecule is CCCCNCCNC(=O)CCNCC. The Hall–Kier alpha value is -0.610. The van der Waals surface area contributed by atoms with Gasteiger partial charge in [-0.15, -0.1) is 0 Å². The molecule has 0 aromatic rings. The van der Waals surface area contributed by atoms with Crippen molar-refractivity contribution in [2.24, 2.45) is 0 Å².